The summed E-state index contributed by atoms with van der Waals surface area (Å²) >= 11 is 0. The Bertz CT molecular complexity index is 701. The number of carbonyl (C=O) groups excluding carboxylic acids is 1. The molecule has 2 aromatic rings. The van der Waals surface area contributed by atoms with Gasteiger partial charge in [-0.25, -0.2) is 0 Å². The molecule has 2 N–H and O–H groups in total. The quantitative estimate of drug-likeness (QED) is 0.840. The van der Waals surface area contributed by atoms with Crippen LogP contribution < -0.4 is 10.1 Å². The van der Waals surface area contributed by atoms with Gasteiger partial charge in [-0.05, 0) is 19.1 Å². The third-order valence-electron chi connectivity index (χ3n) is 3.97. The van der Waals surface area contributed by atoms with Crippen molar-refractivity contribution in [2.45, 2.75) is 19.1 Å². The lowest BCUT2D eigenvalue weighted by Gasteiger charge is -2.18. The second-order valence-corrected chi connectivity index (χ2v) is 5.50. The highest BCUT2D eigenvalue weighted by molar-refractivity contribution is 6.00. The van der Waals surface area contributed by atoms with E-state index in [2.05, 4.69) is 15.5 Å². The van der Waals surface area contributed by atoms with E-state index < -0.39 is 0 Å². The zero-order valence-electron chi connectivity index (χ0n) is 13.7. The highest BCUT2D eigenvalue weighted by Crippen LogP contribution is 2.25. The Morgan fingerprint density at radius 3 is 3.12 bits per heavy atom. The normalized spacial score (nSPS) is 20.1. The van der Waals surface area contributed by atoms with Crippen molar-refractivity contribution < 1.29 is 19.0 Å². The average molecular weight is 331 g/mol. The van der Waals surface area contributed by atoms with Crippen LogP contribution >= 0.6 is 0 Å². The number of nitrogens with zero attached hydrogens (tertiary/aromatic N) is 1. The van der Waals surface area contributed by atoms with Crippen molar-refractivity contribution in [1.82, 2.24) is 15.5 Å². The molecule has 3 rings (SSSR count). The molecule has 128 valence electrons. The Morgan fingerprint density at radius 2 is 2.33 bits per heavy atom. The second-order valence-electron chi connectivity index (χ2n) is 5.50. The average Bonchev–Trinajstić information content (AvgIpc) is 3.25. The van der Waals surface area contributed by atoms with Crippen LogP contribution in [0, 0.1) is 0 Å². The molecule has 0 aliphatic carbocycles. The maximum atomic E-state index is 12.6. The van der Waals surface area contributed by atoms with Gasteiger partial charge in [-0.1, -0.05) is 12.1 Å². The molecule has 2 heterocycles. The van der Waals surface area contributed by atoms with E-state index in [1.165, 1.54) is 6.20 Å². The maximum absolute atomic E-state index is 12.6. The monoisotopic (exact) mass is 331 g/mol. The van der Waals surface area contributed by atoms with Crippen molar-refractivity contribution in [2.75, 3.05) is 26.9 Å². The highest BCUT2D eigenvalue weighted by atomic mass is 16.5. The van der Waals surface area contributed by atoms with Crippen LogP contribution in [-0.4, -0.2) is 55.2 Å². The number of ether oxygens (including phenoxy) is 3. The zero-order chi connectivity index (χ0) is 16.9. The molecule has 0 radical (unpaired) electrons. The van der Waals surface area contributed by atoms with Crippen LogP contribution in [0.3, 0.4) is 0 Å². The number of methoxy groups -OCH3 is 1. The Labute approximate surface area is 140 Å². The lowest BCUT2D eigenvalue weighted by atomic mass is 10.1. The van der Waals surface area contributed by atoms with Gasteiger partial charge < -0.3 is 19.5 Å². The first-order chi connectivity index (χ1) is 11.7. The van der Waals surface area contributed by atoms with Gasteiger partial charge in [0.2, 0.25) is 0 Å². The van der Waals surface area contributed by atoms with E-state index in [0.717, 1.165) is 5.56 Å². The molecular formula is C17H21N3O4. The number of aromatic nitrogens is 2. The van der Waals surface area contributed by atoms with E-state index in [4.69, 9.17) is 14.2 Å². The predicted molar refractivity (Wildman–Crippen MR) is 88.1 cm³/mol. The number of nitrogens with one attached hydrogen (secondary N) is 2. The lowest BCUT2D eigenvalue weighted by molar-refractivity contribution is 0.0402. The molecule has 0 bridgehead atoms. The Balaban J connectivity index is 1.78. The Morgan fingerprint density at radius 1 is 1.46 bits per heavy atom. The van der Waals surface area contributed by atoms with Crippen molar-refractivity contribution in [1.29, 1.82) is 0 Å². The molecule has 1 aromatic heterocycles. The predicted octanol–water partition coefficient (Wildman–Crippen LogP) is 1.62. The molecule has 1 aliphatic heterocycles. The van der Waals surface area contributed by atoms with E-state index in [0.29, 0.717) is 36.8 Å². The van der Waals surface area contributed by atoms with Crippen molar-refractivity contribution in [2.24, 2.45) is 0 Å². The van der Waals surface area contributed by atoms with Crippen LogP contribution in [0.15, 0.2) is 30.5 Å². The van der Waals surface area contributed by atoms with E-state index in [9.17, 15) is 4.79 Å². The van der Waals surface area contributed by atoms with Gasteiger partial charge in [0.15, 0.2) is 0 Å². The first-order valence-electron chi connectivity index (χ1n) is 7.91. The first kappa shape index (κ1) is 16.5. The number of rotatable bonds is 6. The fraction of sp³-hybridized carbons (Fsp3) is 0.412. The summed E-state index contributed by atoms with van der Waals surface area (Å²) < 4.78 is 16.2. The van der Waals surface area contributed by atoms with Crippen molar-refractivity contribution in [3.8, 4) is 17.0 Å². The Hall–Kier alpha value is -2.38. The minimum absolute atomic E-state index is 0.119. The van der Waals surface area contributed by atoms with Crippen LogP contribution in [0.2, 0.25) is 0 Å². The summed E-state index contributed by atoms with van der Waals surface area (Å²) in [6, 6.07) is 7.31. The number of hydrogen-bond acceptors (Lipinski definition) is 5. The molecular weight excluding hydrogens is 310 g/mol. The minimum Gasteiger partial charge on any atom is -0.497 e. The van der Waals surface area contributed by atoms with Gasteiger partial charge in [-0.15, -0.1) is 0 Å². The molecule has 24 heavy (non-hydrogen) atoms. The smallest absolute Gasteiger partial charge is 0.255 e. The number of carbonyl (C=O) groups is 1. The molecule has 0 spiro atoms. The lowest BCUT2D eigenvalue weighted by Crippen LogP contribution is -2.43. The summed E-state index contributed by atoms with van der Waals surface area (Å²) in [6.07, 6.45) is 1.40. The summed E-state index contributed by atoms with van der Waals surface area (Å²) in [4.78, 5) is 12.6. The van der Waals surface area contributed by atoms with Gasteiger partial charge in [-0.3, -0.25) is 9.89 Å². The van der Waals surface area contributed by atoms with Gasteiger partial charge in [0.1, 0.15) is 11.9 Å². The molecule has 7 nitrogen and oxygen atoms in total. The number of aromatic amines is 1. The van der Waals surface area contributed by atoms with Crippen LogP contribution in [-0.2, 0) is 9.47 Å². The van der Waals surface area contributed by atoms with E-state index in [1.54, 1.807) is 7.11 Å². The number of hydrogen-bond donors (Lipinski definition) is 2. The molecule has 1 amide bonds. The molecule has 0 saturated carbocycles. The third kappa shape index (κ3) is 3.42. The first-order valence-corrected chi connectivity index (χ1v) is 7.91. The number of amides is 1. The zero-order valence-corrected chi connectivity index (χ0v) is 13.7. The highest BCUT2D eigenvalue weighted by Gasteiger charge is 2.31. The van der Waals surface area contributed by atoms with Crippen LogP contribution in [0.5, 0.6) is 5.75 Å². The van der Waals surface area contributed by atoms with E-state index >= 15 is 0 Å². The molecule has 1 aromatic carbocycles. The standard InChI is InChI=1S/C17H21N3O4/c1-3-24-15-10-23-9-14(15)19-17(21)13-8-18-20-16(13)11-5-4-6-12(7-11)22-2/h4-8,14-15H,3,9-10H2,1-2H3,(H,18,20)(H,19,21)/t14-,15-/m0/s1. The van der Waals surface area contributed by atoms with Crippen LogP contribution in [0.4, 0.5) is 0 Å². The fourth-order valence-electron chi connectivity index (χ4n) is 2.75. The minimum atomic E-state index is -0.207. The number of H-pyrrole nitrogens is 1. The van der Waals surface area contributed by atoms with Gasteiger partial charge in [-0.2, -0.15) is 5.10 Å². The summed E-state index contributed by atoms with van der Waals surface area (Å²) in [5.74, 6) is 0.510. The second kappa shape index (κ2) is 7.46. The fourth-order valence-corrected chi connectivity index (χ4v) is 2.75. The van der Waals surface area contributed by atoms with Crippen LogP contribution in [0.25, 0.3) is 11.3 Å². The van der Waals surface area contributed by atoms with E-state index in [1.807, 2.05) is 31.2 Å². The van der Waals surface area contributed by atoms with Gasteiger partial charge >= 0.3 is 0 Å². The van der Waals surface area contributed by atoms with Gasteiger partial charge in [0.25, 0.3) is 5.91 Å². The largest absolute Gasteiger partial charge is 0.497 e. The Kier molecular flexibility index (Phi) is 5.12. The van der Waals surface area contributed by atoms with Gasteiger partial charge in [0, 0.05) is 12.2 Å². The van der Waals surface area contributed by atoms with Crippen molar-refractivity contribution >= 4 is 5.91 Å². The summed E-state index contributed by atoms with van der Waals surface area (Å²) in [5, 5.41) is 9.88. The summed E-state index contributed by atoms with van der Waals surface area (Å²) in [6.45, 7) is 3.45. The van der Waals surface area contributed by atoms with Crippen molar-refractivity contribution in [3.63, 3.8) is 0 Å². The summed E-state index contributed by atoms with van der Waals surface area (Å²) in [5.41, 5.74) is 1.96. The van der Waals surface area contributed by atoms with Crippen LogP contribution in [0.1, 0.15) is 17.3 Å². The number of benzene rings is 1. The maximum Gasteiger partial charge on any atom is 0.255 e. The molecule has 1 aliphatic rings. The van der Waals surface area contributed by atoms with Crippen molar-refractivity contribution in [3.05, 3.63) is 36.0 Å². The van der Waals surface area contributed by atoms with Gasteiger partial charge in [0.05, 0.1) is 43.8 Å². The molecule has 1 fully saturated rings. The molecule has 7 heteroatoms. The van der Waals surface area contributed by atoms with E-state index in [-0.39, 0.29) is 18.1 Å². The summed E-state index contributed by atoms with van der Waals surface area (Å²) in [7, 11) is 1.60. The molecule has 1 saturated heterocycles. The SMILES string of the molecule is CCO[C@H]1COC[C@@H]1NC(=O)c1cn[nH]c1-c1cccc(OC)c1. The topological polar surface area (TPSA) is 85.5 Å². The molecule has 2 atom stereocenters. The molecule has 0 unspecified atom stereocenters. The third-order valence-corrected chi connectivity index (χ3v) is 3.97.